The number of carbonyl (C=O) groups is 1. The fourth-order valence-electron chi connectivity index (χ4n) is 4.82. The van der Waals surface area contributed by atoms with Crippen molar-refractivity contribution in [3.63, 3.8) is 0 Å². The van der Waals surface area contributed by atoms with Crippen molar-refractivity contribution in [3.05, 3.63) is 83.4 Å². The minimum absolute atomic E-state index is 0.0988. The first kappa shape index (κ1) is 25.5. The maximum atomic E-state index is 13.5. The summed E-state index contributed by atoms with van der Waals surface area (Å²) in [7, 11) is 0. The van der Waals surface area contributed by atoms with Gasteiger partial charge in [-0.05, 0) is 64.4 Å². The van der Waals surface area contributed by atoms with Gasteiger partial charge in [0.05, 0.1) is 12.6 Å². The smallest absolute Gasteiger partial charge is 0.256 e. The molecule has 5 heteroatoms. The van der Waals surface area contributed by atoms with Gasteiger partial charge in [0.25, 0.3) is 5.91 Å². The summed E-state index contributed by atoms with van der Waals surface area (Å²) in [6.45, 7) is 12.8. The lowest BCUT2D eigenvalue weighted by atomic mass is 9.87. The van der Waals surface area contributed by atoms with Crippen LogP contribution in [0.2, 0.25) is 0 Å². The quantitative estimate of drug-likeness (QED) is 0.392. The molecule has 0 atom stereocenters. The van der Waals surface area contributed by atoms with Crippen LogP contribution in [0.15, 0.2) is 66.7 Å². The summed E-state index contributed by atoms with van der Waals surface area (Å²) in [5.74, 6) is 0.662. The van der Waals surface area contributed by atoms with Gasteiger partial charge in [-0.1, -0.05) is 64.1 Å². The van der Waals surface area contributed by atoms with Crippen LogP contribution in [-0.2, 0) is 0 Å². The van der Waals surface area contributed by atoms with Crippen LogP contribution in [0, 0.1) is 11.3 Å². The number of nitrogens with one attached hydrogen (secondary N) is 1. The summed E-state index contributed by atoms with van der Waals surface area (Å²) < 4.78 is 0. The standard InChI is InChI=1S/C31H36N4O/c1-22(2)24-8-10-25(11-9-24)30-28(23(3)4)6-5-7-29(30)31(36)33-26-12-14-27(15-13-26)35-20-18-34(17-16-32)19-21-35/h5-15,22-23H,17-21H2,1-4H3,(H,33,36). The van der Waals surface area contributed by atoms with Crippen molar-refractivity contribution in [3.8, 4) is 17.2 Å². The molecule has 1 amide bonds. The Kier molecular flexibility index (Phi) is 8.07. The van der Waals surface area contributed by atoms with E-state index in [1.807, 2.05) is 24.3 Å². The molecular weight excluding hydrogens is 444 g/mol. The molecule has 5 nitrogen and oxygen atoms in total. The molecule has 0 radical (unpaired) electrons. The van der Waals surface area contributed by atoms with E-state index in [4.69, 9.17) is 5.26 Å². The molecule has 3 aromatic rings. The molecule has 186 valence electrons. The molecule has 1 aliphatic heterocycles. The Morgan fingerprint density at radius 1 is 0.889 bits per heavy atom. The van der Waals surface area contributed by atoms with Crippen LogP contribution in [0.5, 0.6) is 0 Å². The lowest BCUT2D eigenvalue weighted by Crippen LogP contribution is -2.46. The van der Waals surface area contributed by atoms with Crippen LogP contribution >= 0.6 is 0 Å². The number of rotatable bonds is 7. The van der Waals surface area contributed by atoms with Gasteiger partial charge in [-0.25, -0.2) is 0 Å². The fourth-order valence-corrected chi connectivity index (χ4v) is 4.82. The molecule has 0 unspecified atom stereocenters. The second-order valence-electron chi connectivity index (χ2n) is 10.1. The van der Waals surface area contributed by atoms with Crippen molar-refractivity contribution in [2.45, 2.75) is 39.5 Å². The van der Waals surface area contributed by atoms with Crippen LogP contribution < -0.4 is 10.2 Å². The second kappa shape index (κ2) is 11.4. The highest BCUT2D eigenvalue weighted by Gasteiger charge is 2.20. The van der Waals surface area contributed by atoms with Crippen molar-refractivity contribution < 1.29 is 4.79 Å². The topological polar surface area (TPSA) is 59.4 Å². The van der Waals surface area contributed by atoms with Crippen molar-refractivity contribution in [2.24, 2.45) is 0 Å². The van der Waals surface area contributed by atoms with Crippen molar-refractivity contribution in [1.29, 1.82) is 5.26 Å². The number of hydrogen-bond acceptors (Lipinski definition) is 4. The molecular formula is C31H36N4O. The third kappa shape index (κ3) is 5.78. The Morgan fingerprint density at radius 2 is 1.56 bits per heavy atom. The predicted molar refractivity (Wildman–Crippen MR) is 149 cm³/mol. The summed E-state index contributed by atoms with van der Waals surface area (Å²) >= 11 is 0. The molecule has 1 N–H and O–H groups in total. The van der Waals surface area contributed by atoms with Gasteiger partial charge >= 0.3 is 0 Å². The minimum Gasteiger partial charge on any atom is -0.369 e. The van der Waals surface area contributed by atoms with Gasteiger partial charge in [0.1, 0.15) is 0 Å². The average Bonchev–Trinajstić information content (AvgIpc) is 2.89. The largest absolute Gasteiger partial charge is 0.369 e. The average molecular weight is 481 g/mol. The van der Waals surface area contributed by atoms with E-state index in [1.165, 1.54) is 11.1 Å². The first-order valence-corrected chi connectivity index (χ1v) is 12.9. The highest BCUT2D eigenvalue weighted by molar-refractivity contribution is 6.09. The predicted octanol–water partition coefficient (Wildman–Crippen LogP) is 6.50. The van der Waals surface area contributed by atoms with E-state index in [-0.39, 0.29) is 5.91 Å². The maximum Gasteiger partial charge on any atom is 0.256 e. The zero-order valence-electron chi connectivity index (χ0n) is 21.8. The summed E-state index contributed by atoms with van der Waals surface area (Å²) in [5.41, 5.74) is 7.15. The van der Waals surface area contributed by atoms with Crippen LogP contribution in [0.4, 0.5) is 11.4 Å². The lowest BCUT2D eigenvalue weighted by Gasteiger charge is -2.35. The number of benzene rings is 3. The summed E-state index contributed by atoms with van der Waals surface area (Å²) in [5, 5.41) is 12.0. The monoisotopic (exact) mass is 480 g/mol. The number of nitrogens with zero attached hydrogens (tertiary/aromatic N) is 3. The van der Waals surface area contributed by atoms with Crippen LogP contribution in [0.3, 0.4) is 0 Å². The van der Waals surface area contributed by atoms with Crippen molar-refractivity contribution >= 4 is 17.3 Å². The molecule has 4 rings (SSSR count). The Balaban J connectivity index is 1.54. The molecule has 0 spiro atoms. The van der Waals surface area contributed by atoms with Gasteiger partial charge in [-0.15, -0.1) is 0 Å². The highest BCUT2D eigenvalue weighted by atomic mass is 16.1. The molecule has 0 bridgehead atoms. The van der Waals surface area contributed by atoms with E-state index in [1.54, 1.807) is 0 Å². The third-order valence-electron chi connectivity index (χ3n) is 6.99. The molecule has 0 aromatic heterocycles. The zero-order valence-corrected chi connectivity index (χ0v) is 21.8. The number of piperazine rings is 1. The second-order valence-corrected chi connectivity index (χ2v) is 10.1. The molecule has 1 aliphatic rings. The van der Waals surface area contributed by atoms with E-state index in [0.29, 0.717) is 23.9 Å². The Bertz CT molecular complexity index is 1210. The number of amides is 1. The van der Waals surface area contributed by atoms with Crippen LogP contribution in [-0.4, -0.2) is 43.5 Å². The molecule has 3 aromatic carbocycles. The van der Waals surface area contributed by atoms with E-state index in [2.05, 4.69) is 91.3 Å². The minimum atomic E-state index is -0.0988. The van der Waals surface area contributed by atoms with Crippen molar-refractivity contribution in [1.82, 2.24) is 4.90 Å². The SMILES string of the molecule is CC(C)c1ccc(-c2c(C(=O)Nc3ccc(N4CCN(CC#N)CC4)cc3)cccc2C(C)C)cc1. The van der Waals surface area contributed by atoms with Gasteiger partial charge < -0.3 is 10.2 Å². The molecule has 0 aliphatic carbocycles. The van der Waals surface area contributed by atoms with Crippen LogP contribution in [0.1, 0.15) is 61.0 Å². The first-order chi connectivity index (χ1) is 17.4. The first-order valence-electron chi connectivity index (χ1n) is 12.9. The summed E-state index contributed by atoms with van der Waals surface area (Å²) in [6.07, 6.45) is 0. The van der Waals surface area contributed by atoms with E-state index >= 15 is 0 Å². The fraction of sp³-hybridized carbons (Fsp3) is 0.355. The molecule has 1 heterocycles. The Morgan fingerprint density at radius 3 is 2.14 bits per heavy atom. The number of carbonyl (C=O) groups excluding carboxylic acids is 1. The third-order valence-corrected chi connectivity index (χ3v) is 6.99. The zero-order chi connectivity index (χ0) is 25.7. The number of anilines is 2. The van der Waals surface area contributed by atoms with E-state index in [9.17, 15) is 4.79 Å². The Labute approximate surface area is 215 Å². The number of hydrogen-bond donors (Lipinski definition) is 1. The normalized spacial score (nSPS) is 14.2. The summed E-state index contributed by atoms with van der Waals surface area (Å²) in [6, 6.07) is 24.9. The van der Waals surface area contributed by atoms with E-state index in [0.717, 1.165) is 48.7 Å². The van der Waals surface area contributed by atoms with Crippen molar-refractivity contribution in [2.75, 3.05) is 42.9 Å². The Hall–Kier alpha value is -3.62. The molecule has 1 saturated heterocycles. The molecule has 0 saturated carbocycles. The van der Waals surface area contributed by atoms with Crippen LogP contribution in [0.25, 0.3) is 11.1 Å². The molecule has 36 heavy (non-hydrogen) atoms. The van der Waals surface area contributed by atoms with E-state index < -0.39 is 0 Å². The van der Waals surface area contributed by atoms with Gasteiger partial charge in [-0.3, -0.25) is 9.69 Å². The lowest BCUT2D eigenvalue weighted by molar-refractivity contribution is 0.102. The molecule has 1 fully saturated rings. The van der Waals surface area contributed by atoms with Gasteiger partial charge in [0.15, 0.2) is 0 Å². The number of nitriles is 1. The highest BCUT2D eigenvalue weighted by Crippen LogP contribution is 2.34. The maximum absolute atomic E-state index is 13.5. The summed E-state index contributed by atoms with van der Waals surface area (Å²) in [4.78, 5) is 18.0. The van der Waals surface area contributed by atoms with Gasteiger partial charge in [0, 0.05) is 43.1 Å². The van der Waals surface area contributed by atoms with Gasteiger partial charge in [-0.2, -0.15) is 5.26 Å². The van der Waals surface area contributed by atoms with Gasteiger partial charge in [0.2, 0.25) is 0 Å².